The van der Waals surface area contributed by atoms with Crippen molar-refractivity contribution < 1.29 is 0 Å². The molecule has 1 aromatic rings. The number of nitrogens with zero attached hydrogens (tertiary/aromatic N) is 1. The van der Waals surface area contributed by atoms with Gasteiger partial charge in [0.25, 0.3) is 0 Å². The Kier molecular flexibility index (Phi) is 4.30. The Labute approximate surface area is 86.9 Å². The molecule has 0 bridgehead atoms. The summed E-state index contributed by atoms with van der Waals surface area (Å²) in [6.45, 7) is 9.58. The van der Waals surface area contributed by atoms with Crippen molar-refractivity contribution in [1.82, 2.24) is 0 Å². The molecule has 14 heavy (non-hydrogen) atoms. The molecule has 0 aromatic heterocycles. The lowest BCUT2D eigenvalue weighted by Crippen LogP contribution is -2.23. The van der Waals surface area contributed by atoms with E-state index in [0.29, 0.717) is 0 Å². The van der Waals surface area contributed by atoms with E-state index in [1.165, 1.54) is 11.4 Å². The van der Waals surface area contributed by atoms with Gasteiger partial charge in [0.1, 0.15) is 0 Å². The molecule has 0 aliphatic carbocycles. The minimum absolute atomic E-state index is 0.971. The monoisotopic (exact) mass is 192 g/mol. The van der Waals surface area contributed by atoms with Crippen LogP contribution in [0, 0.1) is 0 Å². The van der Waals surface area contributed by atoms with Crippen LogP contribution in [0.1, 0.15) is 20.8 Å². The number of hydrogen-bond acceptors (Lipinski definition) is 2. The molecular weight excluding hydrogens is 172 g/mol. The van der Waals surface area contributed by atoms with E-state index in [4.69, 9.17) is 0 Å². The highest BCUT2D eigenvalue weighted by Crippen LogP contribution is 2.24. The molecule has 2 nitrogen and oxygen atoms in total. The molecule has 1 N–H and O–H groups in total. The summed E-state index contributed by atoms with van der Waals surface area (Å²) in [5.41, 5.74) is 2.54. The number of anilines is 2. The summed E-state index contributed by atoms with van der Waals surface area (Å²) in [5.74, 6) is 0. The molecule has 0 saturated carbocycles. The predicted molar refractivity (Wildman–Crippen MR) is 64.2 cm³/mol. The quantitative estimate of drug-likeness (QED) is 0.771. The molecule has 1 aromatic carbocycles. The Bertz CT molecular complexity index is 267. The standard InChI is InChI=1S/C12H20N2/c1-4-13-11-9-7-8-10-12(11)14(5-2)6-3/h7-10,13H,4-6H2,1-3H3. The van der Waals surface area contributed by atoms with Gasteiger partial charge in [0, 0.05) is 19.6 Å². The molecule has 0 atom stereocenters. The van der Waals surface area contributed by atoms with E-state index in [1.54, 1.807) is 0 Å². The van der Waals surface area contributed by atoms with Crippen LogP contribution in [0.4, 0.5) is 11.4 Å². The van der Waals surface area contributed by atoms with Crippen LogP contribution >= 0.6 is 0 Å². The summed E-state index contributed by atoms with van der Waals surface area (Å²) in [7, 11) is 0. The van der Waals surface area contributed by atoms with E-state index < -0.39 is 0 Å². The average molecular weight is 192 g/mol. The largest absolute Gasteiger partial charge is 0.384 e. The van der Waals surface area contributed by atoms with Crippen molar-refractivity contribution in [3.05, 3.63) is 24.3 Å². The zero-order chi connectivity index (χ0) is 10.4. The summed E-state index contributed by atoms with van der Waals surface area (Å²) >= 11 is 0. The highest BCUT2D eigenvalue weighted by Gasteiger charge is 2.05. The molecule has 0 aliphatic heterocycles. The molecule has 78 valence electrons. The molecule has 1 rings (SSSR count). The van der Waals surface area contributed by atoms with E-state index in [1.807, 2.05) is 0 Å². The zero-order valence-electron chi connectivity index (χ0n) is 9.38. The number of nitrogens with one attached hydrogen (secondary N) is 1. The zero-order valence-corrected chi connectivity index (χ0v) is 9.38. The minimum Gasteiger partial charge on any atom is -0.384 e. The fourth-order valence-corrected chi connectivity index (χ4v) is 1.65. The van der Waals surface area contributed by atoms with Gasteiger partial charge in [-0.05, 0) is 32.9 Å². The number of para-hydroxylation sites is 2. The van der Waals surface area contributed by atoms with Gasteiger partial charge in [-0.25, -0.2) is 0 Å². The number of hydrogen-bond donors (Lipinski definition) is 1. The van der Waals surface area contributed by atoms with E-state index in [-0.39, 0.29) is 0 Å². The maximum absolute atomic E-state index is 3.38. The van der Waals surface area contributed by atoms with Crippen molar-refractivity contribution in [3.63, 3.8) is 0 Å². The smallest absolute Gasteiger partial charge is 0.0601 e. The molecule has 0 saturated heterocycles. The van der Waals surface area contributed by atoms with Gasteiger partial charge in [0.15, 0.2) is 0 Å². The van der Waals surface area contributed by atoms with Crippen LogP contribution in [0.15, 0.2) is 24.3 Å². The van der Waals surface area contributed by atoms with Crippen LogP contribution in [0.3, 0.4) is 0 Å². The van der Waals surface area contributed by atoms with Gasteiger partial charge >= 0.3 is 0 Å². The fraction of sp³-hybridized carbons (Fsp3) is 0.500. The van der Waals surface area contributed by atoms with Crippen molar-refractivity contribution in [2.24, 2.45) is 0 Å². The number of rotatable bonds is 5. The Balaban J connectivity index is 2.92. The molecule has 0 fully saturated rings. The van der Waals surface area contributed by atoms with E-state index >= 15 is 0 Å². The van der Waals surface area contributed by atoms with Gasteiger partial charge in [-0.2, -0.15) is 0 Å². The van der Waals surface area contributed by atoms with Crippen LogP contribution in [0.25, 0.3) is 0 Å². The Morgan fingerprint density at radius 2 is 1.71 bits per heavy atom. The van der Waals surface area contributed by atoms with Gasteiger partial charge in [-0.15, -0.1) is 0 Å². The topological polar surface area (TPSA) is 15.3 Å². The second-order valence-corrected chi connectivity index (χ2v) is 3.22. The van der Waals surface area contributed by atoms with E-state index in [2.05, 4.69) is 55.3 Å². The maximum Gasteiger partial charge on any atom is 0.0601 e. The first kappa shape index (κ1) is 10.9. The van der Waals surface area contributed by atoms with Crippen molar-refractivity contribution in [3.8, 4) is 0 Å². The first-order valence-electron chi connectivity index (χ1n) is 5.41. The second-order valence-electron chi connectivity index (χ2n) is 3.22. The third kappa shape index (κ3) is 2.41. The van der Waals surface area contributed by atoms with Crippen molar-refractivity contribution in [2.75, 3.05) is 29.9 Å². The molecule has 0 aliphatic rings. The van der Waals surface area contributed by atoms with Crippen molar-refractivity contribution in [1.29, 1.82) is 0 Å². The first-order valence-corrected chi connectivity index (χ1v) is 5.41. The molecule has 2 heteroatoms. The van der Waals surface area contributed by atoms with Crippen LogP contribution in [-0.2, 0) is 0 Å². The second kappa shape index (κ2) is 5.53. The summed E-state index contributed by atoms with van der Waals surface area (Å²) in [5, 5.41) is 3.38. The lowest BCUT2D eigenvalue weighted by atomic mass is 10.2. The van der Waals surface area contributed by atoms with E-state index in [9.17, 15) is 0 Å². The Morgan fingerprint density at radius 3 is 2.29 bits per heavy atom. The Hall–Kier alpha value is -1.18. The predicted octanol–water partition coefficient (Wildman–Crippen LogP) is 2.96. The molecule has 0 spiro atoms. The lowest BCUT2D eigenvalue weighted by Gasteiger charge is -2.24. The number of benzene rings is 1. The van der Waals surface area contributed by atoms with Crippen LogP contribution in [0.5, 0.6) is 0 Å². The normalized spacial score (nSPS) is 9.93. The fourth-order valence-electron chi connectivity index (χ4n) is 1.65. The summed E-state index contributed by atoms with van der Waals surface area (Å²) in [6, 6.07) is 8.47. The molecule has 0 heterocycles. The molecule has 0 amide bonds. The summed E-state index contributed by atoms with van der Waals surface area (Å²) in [6.07, 6.45) is 0. The Morgan fingerprint density at radius 1 is 1.07 bits per heavy atom. The SMILES string of the molecule is CCNc1ccccc1N(CC)CC. The van der Waals surface area contributed by atoms with Crippen LogP contribution < -0.4 is 10.2 Å². The third-order valence-electron chi connectivity index (χ3n) is 2.38. The average Bonchev–Trinajstić information content (AvgIpc) is 2.23. The van der Waals surface area contributed by atoms with Crippen molar-refractivity contribution in [2.45, 2.75) is 20.8 Å². The van der Waals surface area contributed by atoms with E-state index in [0.717, 1.165) is 19.6 Å². The third-order valence-corrected chi connectivity index (χ3v) is 2.38. The van der Waals surface area contributed by atoms with Gasteiger partial charge in [0.05, 0.1) is 11.4 Å². The van der Waals surface area contributed by atoms with Gasteiger partial charge in [0.2, 0.25) is 0 Å². The van der Waals surface area contributed by atoms with Gasteiger partial charge < -0.3 is 10.2 Å². The summed E-state index contributed by atoms with van der Waals surface area (Å²) < 4.78 is 0. The van der Waals surface area contributed by atoms with Gasteiger partial charge in [-0.3, -0.25) is 0 Å². The summed E-state index contributed by atoms with van der Waals surface area (Å²) in [4.78, 5) is 2.36. The van der Waals surface area contributed by atoms with Crippen LogP contribution in [0.2, 0.25) is 0 Å². The van der Waals surface area contributed by atoms with Crippen LogP contribution in [-0.4, -0.2) is 19.6 Å². The highest BCUT2D eigenvalue weighted by molar-refractivity contribution is 5.69. The first-order chi connectivity index (χ1) is 6.83. The highest BCUT2D eigenvalue weighted by atomic mass is 15.1. The molecular formula is C12H20N2. The molecule has 0 unspecified atom stereocenters. The molecule has 0 radical (unpaired) electrons. The lowest BCUT2D eigenvalue weighted by molar-refractivity contribution is 0.866. The van der Waals surface area contributed by atoms with Crippen molar-refractivity contribution >= 4 is 11.4 Å². The van der Waals surface area contributed by atoms with Gasteiger partial charge in [-0.1, -0.05) is 12.1 Å². The minimum atomic E-state index is 0.971. The maximum atomic E-state index is 3.38.